The third-order valence-corrected chi connectivity index (χ3v) is 2.76. The number of imidazole rings is 1. The van der Waals surface area contributed by atoms with Gasteiger partial charge in [0.2, 0.25) is 0 Å². The topological polar surface area (TPSA) is 43.8 Å². The standard InChI is InChI=1S/C13H9F2N3/c14-9-2-1-3-12(13(9)15)18-7-17-10-6-8(16)4-5-11(10)18/h1-7H,16H2. The van der Waals surface area contributed by atoms with Crippen molar-refractivity contribution >= 4 is 16.7 Å². The fourth-order valence-corrected chi connectivity index (χ4v) is 1.90. The van der Waals surface area contributed by atoms with Crippen LogP contribution in [0.2, 0.25) is 0 Å². The van der Waals surface area contributed by atoms with Crippen LogP contribution in [0.4, 0.5) is 14.5 Å². The number of hydrogen-bond acceptors (Lipinski definition) is 2. The van der Waals surface area contributed by atoms with E-state index in [1.807, 2.05) is 0 Å². The minimum atomic E-state index is -0.895. The molecular formula is C13H9F2N3. The molecule has 0 unspecified atom stereocenters. The zero-order chi connectivity index (χ0) is 12.7. The molecule has 2 N–H and O–H groups in total. The average Bonchev–Trinajstić information content (AvgIpc) is 2.75. The van der Waals surface area contributed by atoms with Crippen LogP contribution in [0.5, 0.6) is 0 Å². The van der Waals surface area contributed by atoms with Gasteiger partial charge >= 0.3 is 0 Å². The second-order valence-corrected chi connectivity index (χ2v) is 3.94. The molecular weight excluding hydrogens is 236 g/mol. The Labute approximate surface area is 101 Å². The Morgan fingerprint density at radius 1 is 1.11 bits per heavy atom. The quantitative estimate of drug-likeness (QED) is 0.670. The number of fused-ring (bicyclic) bond motifs is 1. The first-order valence-corrected chi connectivity index (χ1v) is 5.34. The summed E-state index contributed by atoms with van der Waals surface area (Å²) >= 11 is 0. The Morgan fingerprint density at radius 3 is 2.78 bits per heavy atom. The maximum Gasteiger partial charge on any atom is 0.182 e. The maximum atomic E-state index is 13.7. The van der Waals surface area contributed by atoms with E-state index in [9.17, 15) is 8.78 Å². The summed E-state index contributed by atoms with van der Waals surface area (Å²) in [7, 11) is 0. The number of nitrogens with two attached hydrogens (primary N) is 1. The summed E-state index contributed by atoms with van der Waals surface area (Å²) < 4.78 is 28.4. The lowest BCUT2D eigenvalue weighted by atomic mass is 10.2. The largest absolute Gasteiger partial charge is 0.399 e. The summed E-state index contributed by atoms with van der Waals surface area (Å²) in [5, 5.41) is 0. The van der Waals surface area contributed by atoms with Gasteiger partial charge in [0.15, 0.2) is 11.6 Å². The number of hydrogen-bond donors (Lipinski definition) is 1. The van der Waals surface area contributed by atoms with Gasteiger partial charge in [0.1, 0.15) is 6.33 Å². The molecule has 3 aromatic rings. The molecule has 0 fully saturated rings. The van der Waals surface area contributed by atoms with Crippen LogP contribution in [-0.2, 0) is 0 Å². The van der Waals surface area contributed by atoms with Crippen LogP contribution < -0.4 is 5.73 Å². The third kappa shape index (κ3) is 1.52. The zero-order valence-corrected chi connectivity index (χ0v) is 9.27. The van der Waals surface area contributed by atoms with Crippen LogP contribution in [0.3, 0.4) is 0 Å². The normalized spacial score (nSPS) is 11.0. The van der Waals surface area contributed by atoms with Crippen molar-refractivity contribution in [2.75, 3.05) is 5.73 Å². The van der Waals surface area contributed by atoms with Crippen LogP contribution in [0.15, 0.2) is 42.7 Å². The Morgan fingerprint density at radius 2 is 1.94 bits per heavy atom. The first kappa shape index (κ1) is 10.7. The van der Waals surface area contributed by atoms with E-state index in [1.165, 1.54) is 23.0 Å². The summed E-state index contributed by atoms with van der Waals surface area (Å²) in [6.45, 7) is 0. The Kier molecular flexibility index (Phi) is 2.26. The molecule has 0 saturated heterocycles. The molecule has 0 spiro atoms. The molecule has 18 heavy (non-hydrogen) atoms. The van der Waals surface area contributed by atoms with Crippen molar-refractivity contribution in [3.8, 4) is 5.69 Å². The molecule has 3 rings (SSSR count). The van der Waals surface area contributed by atoms with Gasteiger partial charge in [-0.05, 0) is 30.3 Å². The van der Waals surface area contributed by atoms with Crippen LogP contribution in [-0.4, -0.2) is 9.55 Å². The van der Waals surface area contributed by atoms with E-state index in [2.05, 4.69) is 4.98 Å². The maximum absolute atomic E-state index is 13.7. The van der Waals surface area contributed by atoms with Gasteiger partial charge in [0.05, 0.1) is 16.7 Å². The van der Waals surface area contributed by atoms with E-state index in [0.29, 0.717) is 16.7 Å². The smallest absolute Gasteiger partial charge is 0.182 e. The lowest BCUT2D eigenvalue weighted by molar-refractivity contribution is 0.505. The highest BCUT2D eigenvalue weighted by Crippen LogP contribution is 2.23. The lowest BCUT2D eigenvalue weighted by Gasteiger charge is -2.06. The number of nitrogen functional groups attached to an aromatic ring is 1. The predicted octanol–water partition coefficient (Wildman–Crippen LogP) is 2.89. The van der Waals surface area contributed by atoms with Gasteiger partial charge in [-0.3, -0.25) is 4.57 Å². The van der Waals surface area contributed by atoms with Crippen LogP contribution in [0.25, 0.3) is 16.7 Å². The molecule has 0 aliphatic carbocycles. The van der Waals surface area contributed by atoms with Crippen LogP contribution in [0, 0.1) is 11.6 Å². The summed E-state index contributed by atoms with van der Waals surface area (Å²) in [4.78, 5) is 4.12. The number of halogens is 2. The molecule has 1 aromatic heterocycles. The monoisotopic (exact) mass is 245 g/mol. The summed E-state index contributed by atoms with van der Waals surface area (Å²) in [6, 6.07) is 9.13. The number of aromatic nitrogens is 2. The molecule has 0 radical (unpaired) electrons. The lowest BCUT2D eigenvalue weighted by Crippen LogP contribution is -1.98. The van der Waals surface area contributed by atoms with E-state index >= 15 is 0 Å². The fraction of sp³-hybridized carbons (Fsp3) is 0. The second-order valence-electron chi connectivity index (χ2n) is 3.94. The highest BCUT2D eigenvalue weighted by atomic mass is 19.2. The molecule has 90 valence electrons. The van der Waals surface area contributed by atoms with Crippen molar-refractivity contribution in [2.24, 2.45) is 0 Å². The van der Waals surface area contributed by atoms with Gasteiger partial charge < -0.3 is 5.73 Å². The molecule has 3 nitrogen and oxygen atoms in total. The molecule has 1 heterocycles. The van der Waals surface area contributed by atoms with E-state index in [1.54, 1.807) is 18.2 Å². The minimum absolute atomic E-state index is 0.127. The second kappa shape index (κ2) is 3.80. The van der Waals surface area contributed by atoms with E-state index in [4.69, 9.17) is 5.73 Å². The van der Waals surface area contributed by atoms with Crippen molar-refractivity contribution < 1.29 is 8.78 Å². The highest BCUT2D eigenvalue weighted by Gasteiger charge is 2.12. The Bertz CT molecular complexity index is 734. The molecule has 0 atom stereocenters. The van der Waals surface area contributed by atoms with Crippen LogP contribution in [0.1, 0.15) is 0 Å². The van der Waals surface area contributed by atoms with Crippen molar-refractivity contribution in [2.45, 2.75) is 0 Å². The molecule has 0 aliphatic rings. The molecule has 0 amide bonds. The summed E-state index contributed by atoms with van der Waals surface area (Å²) in [5.41, 5.74) is 7.66. The van der Waals surface area contributed by atoms with Crippen molar-refractivity contribution in [3.05, 3.63) is 54.4 Å². The number of anilines is 1. The van der Waals surface area contributed by atoms with Gasteiger partial charge in [0.25, 0.3) is 0 Å². The average molecular weight is 245 g/mol. The van der Waals surface area contributed by atoms with Gasteiger partial charge in [-0.2, -0.15) is 0 Å². The van der Waals surface area contributed by atoms with E-state index in [-0.39, 0.29) is 5.69 Å². The molecule has 0 bridgehead atoms. The predicted molar refractivity (Wildman–Crippen MR) is 65.4 cm³/mol. The molecule has 5 heteroatoms. The van der Waals surface area contributed by atoms with Gasteiger partial charge in [0, 0.05) is 5.69 Å². The third-order valence-electron chi connectivity index (χ3n) is 2.76. The molecule has 0 saturated carbocycles. The van der Waals surface area contributed by atoms with Crippen molar-refractivity contribution in [1.29, 1.82) is 0 Å². The van der Waals surface area contributed by atoms with E-state index in [0.717, 1.165) is 6.07 Å². The van der Waals surface area contributed by atoms with Crippen molar-refractivity contribution in [3.63, 3.8) is 0 Å². The summed E-state index contributed by atoms with van der Waals surface area (Å²) in [6.07, 6.45) is 1.45. The number of benzene rings is 2. The Balaban J connectivity index is 2.29. The number of rotatable bonds is 1. The van der Waals surface area contributed by atoms with Gasteiger partial charge in [-0.25, -0.2) is 13.8 Å². The zero-order valence-electron chi connectivity index (χ0n) is 9.27. The van der Waals surface area contributed by atoms with Gasteiger partial charge in [-0.15, -0.1) is 0 Å². The minimum Gasteiger partial charge on any atom is -0.399 e. The van der Waals surface area contributed by atoms with E-state index < -0.39 is 11.6 Å². The first-order valence-electron chi connectivity index (χ1n) is 5.34. The Hall–Kier alpha value is -2.43. The van der Waals surface area contributed by atoms with Crippen molar-refractivity contribution in [1.82, 2.24) is 9.55 Å². The fourth-order valence-electron chi connectivity index (χ4n) is 1.90. The summed E-state index contributed by atoms with van der Waals surface area (Å²) in [5.74, 6) is -1.78. The molecule has 0 aliphatic heterocycles. The number of nitrogens with zero attached hydrogens (tertiary/aromatic N) is 2. The van der Waals surface area contributed by atoms with Gasteiger partial charge in [-0.1, -0.05) is 6.07 Å². The SMILES string of the molecule is Nc1ccc2c(c1)ncn2-c1cccc(F)c1F. The van der Waals surface area contributed by atoms with Crippen LogP contribution >= 0.6 is 0 Å². The first-order chi connectivity index (χ1) is 8.66. The molecule has 2 aromatic carbocycles. The highest BCUT2D eigenvalue weighted by molar-refractivity contribution is 5.80.